The minimum absolute atomic E-state index is 0.0277. The molecule has 0 saturated carbocycles. The Labute approximate surface area is 127 Å². The van der Waals surface area contributed by atoms with Gasteiger partial charge in [-0.15, -0.1) is 0 Å². The lowest BCUT2D eigenvalue weighted by Crippen LogP contribution is -2.40. The van der Waals surface area contributed by atoms with E-state index >= 15 is 0 Å². The van der Waals surface area contributed by atoms with Crippen LogP contribution in [0.25, 0.3) is 0 Å². The van der Waals surface area contributed by atoms with Gasteiger partial charge in [-0.25, -0.2) is 5.43 Å². The van der Waals surface area contributed by atoms with Crippen molar-refractivity contribution in [3.8, 4) is 0 Å². The van der Waals surface area contributed by atoms with Crippen LogP contribution in [0.4, 0.5) is 5.69 Å². The fourth-order valence-corrected chi connectivity index (χ4v) is 2.64. The van der Waals surface area contributed by atoms with Crippen LogP contribution in [-0.4, -0.2) is 18.0 Å². The molecule has 1 heterocycles. The van der Waals surface area contributed by atoms with Gasteiger partial charge in [0, 0.05) is 15.3 Å². The maximum Gasteiger partial charge on any atom is 0.242 e. The summed E-state index contributed by atoms with van der Waals surface area (Å²) in [5.41, 5.74) is 7.13. The van der Waals surface area contributed by atoms with E-state index in [2.05, 4.69) is 52.6 Å². The minimum Gasteiger partial charge on any atom is -0.325 e. The first kappa shape index (κ1) is 14.7. The van der Waals surface area contributed by atoms with E-state index in [1.165, 1.54) is 0 Å². The summed E-state index contributed by atoms with van der Waals surface area (Å²) in [5, 5.41) is 2.94. The molecule has 3 N–H and O–H groups in total. The third kappa shape index (κ3) is 4.43. The monoisotopic (exact) mass is 373 g/mol. The fraction of sp³-hybridized carbons (Fsp3) is 0.500. The van der Waals surface area contributed by atoms with Gasteiger partial charge < -0.3 is 5.32 Å². The van der Waals surface area contributed by atoms with Gasteiger partial charge in [0.2, 0.25) is 5.91 Å². The molecule has 1 fully saturated rings. The maximum absolute atomic E-state index is 12.1. The van der Waals surface area contributed by atoms with Crippen molar-refractivity contribution in [1.29, 1.82) is 0 Å². The normalized spacial score (nSPS) is 22.7. The molecule has 0 aromatic heterocycles. The van der Waals surface area contributed by atoms with Crippen molar-refractivity contribution in [1.82, 2.24) is 10.9 Å². The number of rotatable bonds is 4. The molecule has 1 aliphatic rings. The van der Waals surface area contributed by atoms with Crippen LogP contribution >= 0.6 is 22.6 Å². The van der Waals surface area contributed by atoms with Gasteiger partial charge in [0.1, 0.15) is 6.04 Å². The highest BCUT2D eigenvalue weighted by molar-refractivity contribution is 14.1. The van der Waals surface area contributed by atoms with Gasteiger partial charge in [-0.05, 0) is 65.6 Å². The number of halogens is 1. The summed E-state index contributed by atoms with van der Waals surface area (Å²) in [6.07, 6.45) is 1.93. The highest BCUT2D eigenvalue weighted by Gasteiger charge is 2.29. The lowest BCUT2D eigenvalue weighted by atomic mass is 10.00. The van der Waals surface area contributed by atoms with Gasteiger partial charge in [-0.1, -0.05) is 13.8 Å². The molecule has 0 aliphatic carbocycles. The van der Waals surface area contributed by atoms with Crippen LogP contribution in [0.5, 0.6) is 0 Å². The molecule has 1 amide bonds. The van der Waals surface area contributed by atoms with Crippen molar-refractivity contribution in [2.24, 2.45) is 5.92 Å². The summed E-state index contributed by atoms with van der Waals surface area (Å²) >= 11 is 2.25. The Morgan fingerprint density at radius 2 is 2.05 bits per heavy atom. The van der Waals surface area contributed by atoms with Crippen LogP contribution in [0.3, 0.4) is 0 Å². The lowest BCUT2D eigenvalue weighted by molar-refractivity contribution is -0.117. The van der Waals surface area contributed by atoms with Crippen LogP contribution in [0, 0.1) is 9.49 Å². The summed E-state index contributed by atoms with van der Waals surface area (Å²) in [5.74, 6) is 0.664. The van der Waals surface area contributed by atoms with Crippen LogP contribution < -0.4 is 16.2 Å². The fourth-order valence-electron chi connectivity index (χ4n) is 2.28. The third-order valence-electron chi connectivity index (χ3n) is 3.17. The van der Waals surface area contributed by atoms with E-state index < -0.39 is 0 Å². The molecule has 5 heteroatoms. The summed E-state index contributed by atoms with van der Waals surface area (Å²) in [4.78, 5) is 12.1. The Balaban J connectivity index is 1.86. The third-order valence-corrected chi connectivity index (χ3v) is 3.89. The Kier molecular flexibility index (Phi) is 5.18. The van der Waals surface area contributed by atoms with Gasteiger partial charge in [0.05, 0.1) is 0 Å². The van der Waals surface area contributed by atoms with Crippen LogP contribution in [-0.2, 0) is 4.79 Å². The molecule has 104 valence electrons. The Bertz CT molecular complexity index is 433. The zero-order valence-corrected chi connectivity index (χ0v) is 13.4. The molecule has 19 heavy (non-hydrogen) atoms. The van der Waals surface area contributed by atoms with Crippen molar-refractivity contribution in [2.75, 3.05) is 5.32 Å². The number of amides is 1. The van der Waals surface area contributed by atoms with Crippen molar-refractivity contribution >= 4 is 34.2 Å². The van der Waals surface area contributed by atoms with Gasteiger partial charge in [0.15, 0.2) is 0 Å². The number of hydrogen-bond acceptors (Lipinski definition) is 3. The number of anilines is 1. The summed E-state index contributed by atoms with van der Waals surface area (Å²) in [7, 11) is 0. The van der Waals surface area contributed by atoms with Crippen molar-refractivity contribution in [3.05, 3.63) is 27.8 Å². The van der Waals surface area contributed by atoms with Crippen molar-refractivity contribution < 1.29 is 4.79 Å². The van der Waals surface area contributed by atoms with Crippen molar-refractivity contribution in [2.45, 2.75) is 38.8 Å². The highest BCUT2D eigenvalue weighted by atomic mass is 127. The molecule has 0 radical (unpaired) electrons. The second kappa shape index (κ2) is 6.67. The van der Waals surface area contributed by atoms with E-state index in [9.17, 15) is 4.79 Å². The van der Waals surface area contributed by atoms with E-state index in [0.29, 0.717) is 12.0 Å². The summed E-state index contributed by atoms with van der Waals surface area (Å²) in [6, 6.07) is 8.05. The van der Waals surface area contributed by atoms with Crippen molar-refractivity contribution in [3.63, 3.8) is 0 Å². The molecule has 2 rings (SSSR count). The number of benzene rings is 1. The topological polar surface area (TPSA) is 53.2 Å². The molecule has 1 saturated heterocycles. The SMILES string of the molecule is CC(C)CC1CC(C(=O)Nc2ccc(I)cc2)NN1. The quantitative estimate of drug-likeness (QED) is 0.711. The summed E-state index contributed by atoms with van der Waals surface area (Å²) < 4.78 is 1.16. The summed E-state index contributed by atoms with van der Waals surface area (Å²) in [6.45, 7) is 4.39. The number of hydrazine groups is 1. The van der Waals surface area contributed by atoms with E-state index in [1.54, 1.807) is 0 Å². The smallest absolute Gasteiger partial charge is 0.242 e. The standard InChI is InChI=1S/C14H20IN3O/c1-9(2)7-12-8-13(18-17-12)14(19)16-11-5-3-10(15)4-6-11/h3-6,9,12-13,17-18H,7-8H2,1-2H3,(H,16,19). The zero-order valence-electron chi connectivity index (χ0n) is 11.2. The molecule has 1 aromatic carbocycles. The second-order valence-electron chi connectivity index (χ2n) is 5.40. The van der Waals surface area contributed by atoms with Crippen LogP contribution in [0.2, 0.25) is 0 Å². The zero-order chi connectivity index (χ0) is 13.8. The van der Waals surface area contributed by atoms with Gasteiger partial charge in [0.25, 0.3) is 0 Å². The average molecular weight is 373 g/mol. The van der Waals surface area contributed by atoms with Crippen LogP contribution in [0.1, 0.15) is 26.7 Å². The first-order valence-corrected chi connectivity index (χ1v) is 7.70. The number of carbonyl (C=O) groups is 1. The number of hydrogen-bond donors (Lipinski definition) is 3. The second-order valence-corrected chi connectivity index (χ2v) is 6.65. The first-order valence-electron chi connectivity index (χ1n) is 6.62. The molecule has 1 aromatic rings. The molecular formula is C14H20IN3O. The molecule has 4 nitrogen and oxygen atoms in total. The minimum atomic E-state index is -0.150. The van der Waals surface area contributed by atoms with E-state index in [-0.39, 0.29) is 11.9 Å². The van der Waals surface area contributed by atoms with Gasteiger partial charge in [-0.2, -0.15) is 0 Å². The largest absolute Gasteiger partial charge is 0.325 e. The van der Waals surface area contributed by atoms with Crippen LogP contribution in [0.15, 0.2) is 24.3 Å². The molecule has 2 atom stereocenters. The van der Waals surface area contributed by atoms with E-state index in [0.717, 1.165) is 22.1 Å². The average Bonchev–Trinajstić information content (AvgIpc) is 2.80. The molecule has 0 bridgehead atoms. The molecular weight excluding hydrogens is 353 g/mol. The molecule has 0 spiro atoms. The number of carbonyl (C=O) groups excluding carboxylic acids is 1. The van der Waals surface area contributed by atoms with E-state index in [1.807, 2.05) is 24.3 Å². The first-order chi connectivity index (χ1) is 9.04. The molecule has 2 unspecified atom stereocenters. The predicted octanol–water partition coefficient (Wildman–Crippen LogP) is 2.51. The van der Waals surface area contributed by atoms with E-state index in [4.69, 9.17) is 0 Å². The van der Waals surface area contributed by atoms with Gasteiger partial charge in [-0.3, -0.25) is 10.2 Å². The van der Waals surface area contributed by atoms with Gasteiger partial charge >= 0.3 is 0 Å². The lowest BCUT2D eigenvalue weighted by Gasteiger charge is -2.12. The molecule has 1 aliphatic heterocycles. The Hall–Kier alpha value is -0.660. The maximum atomic E-state index is 12.1. The highest BCUT2D eigenvalue weighted by Crippen LogP contribution is 2.16. The Morgan fingerprint density at radius 3 is 2.68 bits per heavy atom. The Morgan fingerprint density at radius 1 is 1.37 bits per heavy atom. The predicted molar refractivity (Wildman–Crippen MR) is 85.7 cm³/mol. The number of nitrogens with one attached hydrogen (secondary N) is 3.